The van der Waals surface area contributed by atoms with Crippen molar-refractivity contribution in [1.82, 2.24) is 5.01 Å². The summed E-state index contributed by atoms with van der Waals surface area (Å²) in [4.78, 5) is 26.1. The van der Waals surface area contributed by atoms with Crippen molar-refractivity contribution in [2.24, 2.45) is 11.0 Å². The molecule has 7 nitrogen and oxygen atoms in total. The number of halogens is 2. The smallest absolute Gasteiger partial charge is 0.338 e. The van der Waals surface area contributed by atoms with Crippen LogP contribution in [-0.4, -0.2) is 29.2 Å². The van der Waals surface area contributed by atoms with Crippen molar-refractivity contribution in [3.8, 4) is 0 Å². The van der Waals surface area contributed by atoms with Crippen LogP contribution < -0.4 is 11.5 Å². The molecule has 1 fully saturated rings. The number of anilines is 2. The second-order valence-corrected chi connectivity index (χ2v) is 10.3. The van der Waals surface area contributed by atoms with Crippen molar-refractivity contribution in [2.45, 2.75) is 25.3 Å². The summed E-state index contributed by atoms with van der Waals surface area (Å²) in [5.74, 6) is -1.13. The van der Waals surface area contributed by atoms with Crippen molar-refractivity contribution in [3.05, 3.63) is 99.0 Å². The lowest BCUT2D eigenvalue weighted by atomic mass is 9.77. The van der Waals surface area contributed by atoms with Gasteiger partial charge in [-0.05, 0) is 84.5 Å². The van der Waals surface area contributed by atoms with Crippen LogP contribution in [0.3, 0.4) is 0 Å². The van der Waals surface area contributed by atoms with E-state index in [1.165, 1.54) is 23.2 Å². The Morgan fingerprint density at radius 1 is 1.00 bits per heavy atom. The van der Waals surface area contributed by atoms with Crippen molar-refractivity contribution in [2.75, 3.05) is 18.1 Å². The Bertz CT molecular complexity index is 1430. The van der Waals surface area contributed by atoms with E-state index in [-0.39, 0.29) is 17.5 Å². The van der Waals surface area contributed by atoms with E-state index in [9.17, 15) is 9.59 Å². The van der Waals surface area contributed by atoms with Gasteiger partial charge in [0.2, 0.25) is 0 Å². The molecule has 0 saturated heterocycles. The Labute approximate surface area is 230 Å². The Morgan fingerprint density at radius 3 is 2.45 bits per heavy atom. The molecule has 3 aromatic carbocycles. The number of ether oxygens (including phenoxy) is 1. The van der Waals surface area contributed by atoms with Crippen molar-refractivity contribution in [3.63, 3.8) is 0 Å². The highest BCUT2D eigenvalue weighted by molar-refractivity contribution is 6.31. The van der Waals surface area contributed by atoms with E-state index in [2.05, 4.69) is 6.08 Å². The number of nitrogens with two attached hydrogens (primary N) is 2. The predicted octanol–water partition coefficient (Wildman–Crippen LogP) is 6.14. The first-order valence-corrected chi connectivity index (χ1v) is 13.0. The highest BCUT2D eigenvalue weighted by Gasteiger charge is 2.43. The molecular formula is C29H26Cl2N4O3. The average Bonchev–Trinajstić information content (AvgIpc) is 3.28. The van der Waals surface area contributed by atoms with Gasteiger partial charge in [0.25, 0.3) is 5.91 Å². The van der Waals surface area contributed by atoms with Crippen LogP contribution >= 0.6 is 23.2 Å². The summed E-state index contributed by atoms with van der Waals surface area (Å²) in [5.41, 5.74) is 16.2. The lowest BCUT2D eigenvalue weighted by Gasteiger charge is -2.29. The third kappa shape index (κ3) is 5.54. The number of carbonyl (C=O) groups is 2. The van der Waals surface area contributed by atoms with E-state index in [1.54, 1.807) is 12.1 Å². The number of amides is 1. The first-order valence-electron chi connectivity index (χ1n) is 12.2. The lowest BCUT2D eigenvalue weighted by Crippen LogP contribution is -2.34. The summed E-state index contributed by atoms with van der Waals surface area (Å²) >= 11 is 12.3. The molecule has 9 heteroatoms. The van der Waals surface area contributed by atoms with Crippen LogP contribution in [0.25, 0.3) is 6.08 Å². The molecule has 194 valence electrons. The maximum absolute atomic E-state index is 13.4. The second-order valence-electron chi connectivity index (χ2n) is 9.41. The molecule has 1 saturated carbocycles. The molecule has 1 aliphatic heterocycles. The van der Waals surface area contributed by atoms with Crippen molar-refractivity contribution in [1.29, 1.82) is 0 Å². The number of nitrogen functional groups attached to an aromatic ring is 2. The summed E-state index contributed by atoms with van der Waals surface area (Å²) in [7, 11) is 0. The van der Waals surface area contributed by atoms with Crippen LogP contribution in [0.5, 0.6) is 0 Å². The predicted molar refractivity (Wildman–Crippen MR) is 151 cm³/mol. The normalized spacial score (nSPS) is 19.7. The molecule has 0 bridgehead atoms. The maximum Gasteiger partial charge on any atom is 0.338 e. The van der Waals surface area contributed by atoms with E-state index in [0.29, 0.717) is 21.4 Å². The van der Waals surface area contributed by atoms with Gasteiger partial charge < -0.3 is 16.2 Å². The van der Waals surface area contributed by atoms with Crippen LogP contribution in [0.2, 0.25) is 10.0 Å². The minimum Gasteiger partial charge on any atom is -0.452 e. The highest BCUT2D eigenvalue weighted by Crippen LogP contribution is 2.44. The zero-order chi connectivity index (χ0) is 26.8. The summed E-state index contributed by atoms with van der Waals surface area (Å²) in [6.07, 6.45) is 4.73. The zero-order valence-corrected chi connectivity index (χ0v) is 22.0. The molecule has 5 rings (SSSR count). The summed E-state index contributed by atoms with van der Waals surface area (Å²) < 4.78 is 5.34. The third-order valence-electron chi connectivity index (χ3n) is 6.70. The minimum atomic E-state index is -0.689. The number of rotatable bonds is 5. The van der Waals surface area contributed by atoms with E-state index in [4.69, 9.17) is 44.5 Å². The number of benzene rings is 3. The van der Waals surface area contributed by atoms with Gasteiger partial charge in [-0.2, -0.15) is 5.10 Å². The first kappa shape index (κ1) is 25.8. The van der Waals surface area contributed by atoms with Crippen LogP contribution in [-0.2, 0) is 9.53 Å². The van der Waals surface area contributed by atoms with Gasteiger partial charge in [-0.3, -0.25) is 4.79 Å². The number of hydrogen-bond donors (Lipinski definition) is 2. The molecule has 1 heterocycles. The SMILES string of the molecule is Nc1cc(N)cc(C(=O)OCC(=O)N2N=C3C(=Cc4cccc(Cl)c4)CCCC3C2c2ccc(Cl)cc2)c1. The lowest BCUT2D eigenvalue weighted by molar-refractivity contribution is -0.137. The van der Waals surface area contributed by atoms with Crippen LogP contribution in [0.15, 0.2) is 77.4 Å². The molecule has 0 spiro atoms. The molecule has 0 aromatic heterocycles. The Balaban J connectivity index is 1.44. The van der Waals surface area contributed by atoms with Crippen molar-refractivity contribution >= 4 is 58.2 Å². The van der Waals surface area contributed by atoms with E-state index >= 15 is 0 Å². The fourth-order valence-electron chi connectivity index (χ4n) is 5.07. The molecule has 3 aromatic rings. The van der Waals surface area contributed by atoms with Gasteiger partial charge in [-0.15, -0.1) is 0 Å². The molecule has 2 atom stereocenters. The molecule has 0 radical (unpaired) electrons. The summed E-state index contributed by atoms with van der Waals surface area (Å²) in [6.45, 7) is -0.478. The Kier molecular flexibility index (Phi) is 7.40. The van der Waals surface area contributed by atoms with Gasteiger partial charge in [0.15, 0.2) is 6.61 Å². The number of esters is 1. The van der Waals surface area contributed by atoms with Crippen LogP contribution in [0.1, 0.15) is 46.8 Å². The number of nitrogens with zero attached hydrogens (tertiary/aromatic N) is 2. The Morgan fingerprint density at radius 2 is 1.74 bits per heavy atom. The maximum atomic E-state index is 13.4. The second kappa shape index (κ2) is 10.9. The molecular weight excluding hydrogens is 523 g/mol. The number of fused-ring (bicyclic) bond motifs is 1. The molecule has 1 amide bonds. The fourth-order valence-corrected chi connectivity index (χ4v) is 5.39. The van der Waals surface area contributed by atoms with Gasteiger partial charge in [0, 0.05) is 27.3 Å². The zero-order valence-electron chi connectivity index (χ0n) is 20.4. The molecule has 4 N–H and O–H groups in total. The topological polar surface area (TPSA) is 111 Å². The number of carbonyl (C=O) groups excluding carboxylic acids is 2. The fraction of sp³-hybridized carbons (Fsp3) is 0.207. The average molecular weight is 549 g/mol. The minimum absolute atomic E-state index is 0.0104. The third-order valence-corrected chi connectivity index (χ3v) is 7.19. The van der Waals surface area contributed by atoms with Gasteiger partial charge >= 0.3 is 5.97 Å². The van der Waals surface area contributed by atoms with Crippen LogP contribution in [0.4, 0.5) is 11.4 Å². The molecule has 2 unspecified atom stereocenters. The van der Waals surface area contributed by atoms with E-state index in [1.807, 2.05) is 36.4 Å². The number of hydrazone groups is 1. The molecule has 2 aliphatic rings. The molecule has 1 aliphatic carbocycles. The summed E-state index contributed by atoms with van der Waals surface area (Å²) in [6, 6.07) is 19.1. The number of allylic oxidation sites excluding steroid dienone is 1. The van der Waals surface area contributed by atoms with Gasteiger partial charge in [0.1, 0.15) is 0 Å². The van der Waals surface area contributed by atoms with Crippen molar-refractivity contribution < 1.29 is 14.3 Å². The van der Waals surface area contributed by atoms with Gasteiger partial charge in [-0.1, -0.05) is 47.5 Å². The van der Waals surface area contributed by atoms with E-state index < -0.39 is 18.5 Å². The largest absolute Gasteiger partial charge is 0.452 e. The van der Waals surface area contributed by atoms with Gasteiger partial charge in [-0.25, -0.2) is 9.80 Å². The number of hydrogen-bond acceptors (Lipinski definition) is 6. The monoisotopic (exact) mass is 548 g/mol. The van der Waals surface area contributed by atoms with Crippen LogP contribution in [0, 0.1) is 5.92 Å². The Hall–Kier alpha value is -3.81. The van der Waals surface area contributed by atoms with E-state index in [0.717, 1.165) is 41.7 Å². The standard InChI is InChI=1S/C29H26Cl2N4O3/c30-21-9-7-18(8-10-21)28-25-6-2-4-19(11-17-3-1-5-22(31)12-17)27(25)34-35(28)26(36)16-38-29(37)20-13-23(32)15-24(33)14-20/h1,3,5,7-15,25,28H,2,4,6,16,32-33H2. The highest BCUT2D eigenvalue weighted by atomic mass is 35.5. The summed E-state index contributed by atoms with van der Waals surface area (Å²) in [5, 5.41) is 7.51. The van der Waals surface area contributed by atoms with Gasteiger partial charge in [0.05, 0.1) is 17.3 Å². The quantitative estimate of drug-likeness (QED) is 0.294. The molecule has 38 heavy (non-hydrogen) atoms. The first-order chi connectivity index (χ1) is 18.3.